The molecule has 0 aromatic rings. The molecular weight excluding hydrogens is 150 g/mol. The molecule has 0 aliphatic rings. The van der Waals surface area contributed by atoms with E-state index in [9.17, 15) is 0 Å². The van der Waals surface area contributed by atoms with E-state index >= 15 is 0 Å². The third-order valence-corrected chi connectivity index (χ3v) is 1.63. The first-order valence-corrected chi connectivity index (χ1v) is 3.95. The number of allylic oxidation sites excluding steroid dienone is 2. The number of nitrogens with one attached hydrogen (secondary N) is 1. The average molecular weight is 167 g/mol. The van der Waals surface area contributed by atoms with E-state index in [0.29, 0.717) is 0 Å². The summed E-state index contributed by atoms with van der Waals surface area (Å²) in [5, 5.41) is 4.06. The molecule has 0 atom stereocenters. The van der Waals surface area contributed by atoms with Crippen molar-refractivity contribution >= 4 is 11.4 Å². The number of hydrazone groups is 1. The van der Waals surface area contributed by atoms with Gasteiger partial charge in [-0.2, -0.15) is 5.10 Å². The molecule has 0 heterocycles. The summed E-state index contributed by atoms with van der Waals surface area (Å²) in [6, 6.07) is 0. The Bertz CT molecular complexity index is 224. The van der Waals surface area contributed by atoms with E-state index in [4.69, 9.17) is 0 Å². The number of aliphatic imine (C=N–C) groups is 1. The lowest BCUT2D eigenvalue weighted by atomic mass is 10.1. The zero-order chi connectivity index (χ0) is 9.56. The van der Waals surface area contributed by atoms with Crippen LogP contribution < -0.4 is 5.43 Å². The zero-order valence-corrected chi connectivity index (χ0v) is 8.47. The van der Waals surface area contributed by atoms with Crippen LogP contribution in [0.2, 0.25) is 0 Å². The van der Waals surface area contributed by atoms with E-state index in [2.05, 4.69) is 15.5 Å². The van der Waals surface area contributed by atoms with Crippen LogP contribution in [0, 0.1) is 0 Å². The molecule has 0 spiro atoms. The third kappa shape index (κ3) is 3.91. The first-order valence-electron chi connectivity index (χ1n) is 3.95. The molecule has 12 heavy (non-hydrogen) atoms. The fourth-order valence-corrected chi connectivity index (χ4v) is 0.738. The van der Waals surface area contributed by atoms with Gasteiger partial charge in [0.2, 0.25) is 0 Å². The fourth-order valence-electron chi connectivity index (χ4n) is 0.738. The van der Waals surface area contributed by atoms with Gasteiger partial charge in [0, 0.05) is 19.8 Å². The Morgan fingerprint density at radius 3 is 2.25 bits per heavy atom. The molecular formula is C9H17N3. The number of nitrogens with zero attached hydrogens (tertiary/aromatic N) is 2. The highest BCUT2D eigenvalue weighted by Crippen LogP contribution is 1.96. The molecule has 1 N–H and O–H groups in total. The van der Waals surface area contributed by atoms with Crippen LogP contribution in [-0.4, -0.2) is 25.5 Å². The van der Waals surface area contributed by atoms with Crippen molar-refractivity contribution in [2.45, 2.75) is 20.8 Å². The van der Waals surface area contributed by atoms with Crippen LogP contribution in [0.5, 0.6) is 0 Å². The Balaban J connectivity index is 4.48. The van der Waals surface area contributed by atoms with E-state index in [-0.39, 0.29) is 0 Å². The van der Waals surface area contributed by atoms with Crippen LogP contribution in [0.4, 0.5) is 0 Å². The standard InChI is InChI=1S/C9H17N3/c1-7(6-8(2)10-4)9(3)12-11-5/h6,11H,1-5H3/b7-6-,10-8?,12-9?. The van der Waals surface area contributed by atoms with Crippen molar-refractivity contribution in [2.24, 2.45) is 10.1 Å². The van der Waals surface area contributed by atoms with Gasteiger partial charge in [-0.05, 0) is 32.4 Å². The summed E-state index contributed by atoms with van der Waals surface area (Å²) in [5.74, 6) is 0. The van der Waals surface area contributed by atoms with Gasteiger partial charge >= 0.3 is 0 Å². The zero-order valence-electron chi connectivity index (χ0n) is 8.47. The first-order chi connectivity index (χ1) is 5.61. The summed E-state index contributed by atoms with van der Waals surface area (Å²) in [6.07, 6.45) is 2.01. The van der Waals surface area contributed by atoms with E-state index in [1.807, 2.05) is 26.8 Å². The molecule has 0 radical (unpaired) electrons. The molecule has 0 aromatic carbocycles. The van der Waals surface area contributed by atoms with Gasteiger partial charge in [0.25, 0.3) is 0 Å². The van der Waals surface area contributed by atoms with Crippen molar-refractivity contribution in [1.82, 2.24) is 5.43 Å². The van der Waals surface area contributed by atoms with Gasteiger partial charge in [-0.15, -0.1) is 0 Å². The number of hydrogen-bond acceptors (Lipinski definition) is 3. The summed E-state index contributed by atoms with van der Waals surface area (Å²) in [4.78, 5) is 4.04. The topological polar surface area (TPSA) is 36.8 Å². The summed E-state index contributed by atoms with van der Waals surface area (Å²) >= 11 is 0. The molecule has 0 unspecified atom stereocenters. The van der Waals surface area contributed by atoms with Crippen molar-refractivity contribution < 1.29 is 0 Å². The highest BCUT2D eigenvalue weighted by molar-refractivity contribution is 6.04. The largest absolute Gasteiger partial charge is 0.313 e. The van der Waals surface area contributed by atoms with Gasteiger partial charge in [0.05, 0.1) is 5.71 Å². The van der Waals surface area contributed by atoms with Crippen molar-refractivity contribution in [2.75, 3.05) is 14.1 Å². The van der Waals surface area contributed by atoms with E-state index in [1.54, 1.807) is 14.1 Å². The minimum Gasteiger partial charge on any atom is -0.313 e. The smallest absolute Gasteiger partial charge is 0.0601 e. The first kappa shape index (κ1) is 10.9. The van der Waals surface area contributed by atoms with Gasteiger partial charge in [0.1, 0.15) is 0 Å². The highest BCUT2D eigenvalue weighted by atomic mass is 15.3. The SMILES string of the molecule is CN=C(C)/C=C(/C)C(C)=NNC. The summed E-state index contributed by atoms with van der Waals surface area (Å²) in [5.41, 5.74) is 5.88. The molecule has 0 saturated heterocycles. The van der Waals surface area contributed by atoms with Crippen molar-refractivity contribution in [3.63, 3.8) is 0 Å². The molecule has 0 saturated carbocycles. The minimum atomic E-state index is 0.987. The number of rotatable bonds is 3. The lowest BCUT2D eigenvalue weighted by molar-refractivity contribution is 0.899. The minimum absolute atomic E-state index is 0.987. The predicted molar refractivity (Wildman–Crippen MR) is 55.0 cm³/mol. The van der Waals surface area contributed by atoms with Crippen molar-refractivity contribution in [3.05, 3.63) is 11.6 Å². The van der Waals surface area contributed by atoms with Gasteiger partial charge in [-0.3, -0.25) is 4.99 Å². The monoisotopic (exact) mass is 167 g/mol. The quantitative estimate of drug-likeness (QED) is 0.503. The Kier molecular flexibility index (Phi) is 5.00. The van der Waals surface area contributed by atoms with Crippen molar-refractivity contribution in [1.29, 1.82) is 0 Å². The molecule has 0 aliphatic heterocycles. The normalized spacial score (nSPS) is 14.9. The highest BCUT2D eigenvalue weighted by Gasteiger charge is 1.94. The summed E-state index contributed by atoms with van der Waals surface area (Å²) < 4.78 is 0. The fraction of sp³-hybridized carbons (Fsp3) is 0.556. The molecule has 0 aliphatic carbocycles. The van der Waals surface area contributed by atoms with E-state index < -0.39 is 0 Å². The van der Waals surface area contributed by atoms with Crippen LogP contribution in [0.25, 0.3) is 0 Å². The van der Waals surface area contributed by atoms with E-state index in [0.717, 1.165) is 17.0 Å². The van der Waals surface area contributed by atoms with E-state index in [1.165, 1.54) is 0 Å². The second-order valence-electron chi connectivity index (χ2n) is 2.61. The van der Waals surface area contributed by atoms with Gasteiger partial charge in [-0.1, -0.05) is 0 Å². The molecule has 68 valence electrons. The maximum Gasteiger partial charge on any atom is 0.0601 e. The van der Waals surface area contributed by atoms with Gasteiger partial charge in [0.15, 0.2) is 0 Å². The molecule has 0 rings (SSSR count). The molecule has 3 nitrogen and oxygen atoms in total. The molecule has 0 fully saturated rings. The second-order valence-corrected chi connectivity index (χ2v) is 2.61. The molecule has 0 bridgehead atoms. The second kappa shape index (κ2) is 5.52. The average Bonchev–Trinajstić information content (AvgIpc) is 2.04. The Labute approximate surface area is 74.3 Å². The van der Waals surface area contributed by atoms with Crippen LogP contribution in [0.15, 0.2) is 21.7 Å². The Morgan fingerprint density at radius 2 is 1.83 bits per heavy atom. The van der Waals surface area contributed by atoms with Crippen molar-refractivity contribution in [3.8, 4) is 0 Å². The predicted octanol–water partition coefficient (Wildman–Crippen LogP) is 1.62. The summed E-state index contributed by atoms with van der Waals surface area (Å²) in [7, 11) is 3.57. The Morgan fingerprint density at radius 1 is 1.25 bits per heavy atom. The van der Waals surface area contributed by atoms with Gasteiger partial charge < -0.3 is 5.43 Å². The maximum absolute atomic E-state index is 4.06. The molecule has 0 amide bonds. The third-order valence-electron chi connectivity index (χ3n) is 1.63. The molecule has 3 heteroatoms. The summed E-state index contributed by atoms with van der Waals surface area (Å²) in [6.45, 7) is 5.95. The van der Waals surface area contributed by atoms with Crippen LogP contribution >= 0.6 is 0 Å². The lowest BCUT2D eigenvalue weighted by Crippen LogP contribution is -2.03. The maximum atomic E-state index is 4.06. The Hall–Kier alpha value is -1.12. The van der Waals surface area contributed by atoms with Crippen LogP contribution in [0.3, 0.4) is 0 Å². The lowest BCUT2D eigenvalue weighted by Gasteiger charge is -1.99. The van der Waals surface area contributed by atoms with Gasteiger partial charge in [-0.25, -0.2) is 0 Å². The van der Waals surface area contributed by atoms with Crippen LogP contribution in [0.1, 0.15) is 20.8 Å². The molecule has 0 aromatic heterocycles. The number of hydrogen-bond donors (Lipinski definition) is 1. The van der Waals surface area contributed by atoms with Crippen LogP contribution in [-0.2, 0) is 0 Å².